The molecular formula is C22H26N2O3. The van der Waals surface area contributed by atoms with Crippen LogP contribution in [0.1, 0.15) is 30.9 Å². The molecule has 2 aromatic rings. The topological polar surface area (TPSA) is 60.9 Å². The summed E-state index contributed by atoms with van der Waals surface area (Å²) in [5, 5.41) is 9.93. The minimum absolute atomic E-state index is 0.00599. The van der Waals surface area contributed by atoms with E-state index in [2.05, 4.69) is 0 Å². The second kappa shape index (κ2) is 8.71. The zero-order valence-electron chi connectivity index (χ0n) is 15.7. The maximum atomic E-state index is 12.8. The average molecular weight is 366 g/mol. The first-order chi connectivity index (χ1) is 13.1. The van der Waals surface area contributed by atoms with Gasteiger partial charge in [-0.15, -0.1) is 0 Å². The van der Waals surface area contributed by atoms with E-state index >= 15 is 0 Å². The number of para-hydroxylation sites is 1. The molecule has 1 aliphatic heterocycles. The van der Waals surface area contributed by atoms with Gasteiger partial charge in [0, 0.05) is 37.7 Å². The van der Waals surface area contributed by atoms with Crippen LogP contribution in [0.5, 0.6) is 5.75 Å². The molecule has 1 saturated heterocycles. The lowest BCUT2D eigenvalue weighted by atomic mass is 10.1. The van der Waals surface area contributed by atoms with Crippen molar-refractivity contribution in [1.29, 1.82) is 0 Å². The molecule has 0 aromatic heterocycles. The van der Waals surface area contributed by atoms with Crippen molar-refractivity contribution in [3.05, 3.63) is 65.7 Å². The molecule has 0 saturated carbocycles. The maximum absolute atomic E-state index is 12.8. The molecule has 1 atom stereocenters. The number of aromatic hydroxyl groups is 1. The summed E-state index contributed by atoms with van der Waals surface area (Å²) in [7, 11) is 0. The van der Waals surface area contributed by atoms with E-state index in [-0.39, 0.29) is 30.0 Å². The fourth-order valence-electron chi connectivity index (χ4n) is 3.53. The Hall–Kier alpha value is -2.82. The Bertz CT molecular complexity index is 791. The number of hydrogen-bond acceptors (Lipinski definition) is 3. The van der Waals surface area contributed by atoms with Gasteiger partial charge in [0.1, 0.15) is 5.75 Å². The van der Waals surface area contributed by atoms with Crippen molar-refractivity contribution in [2.45, 2.75) is 38.8 Å². The standard InChI is InChI=1S/C22H26N2O3/c1-2-19-16-23(22(27)14-18-10-6-7-11-20(18)25)13-12-21(26)24(19)15-17-8-4-3-5-9-17/h3-11,19,25H,2,12-16H2,1H3. The van der Waals surface area contributed by atoms with Gasteiger partial charge >= 0.3 is 0 Å². The van der Waals surface area contributed by atoms with Crippen LogP contribution in [-0.4, -0.2) is 45.9 Å². The van der Waals surface area contributed by atoms with Crippen LogP contribution in [0.2, 0.25) is 0 Å². The van der Waals surface area contributed by atoms with Crippen molar-refractivity contribution in [1.82, 2.24) is 9.80 Å². The van der Waals surface area contributed by atoms with Gasteiger partial charge in [0.25, 0.3) is 0 Å². The average Bonchev–Trinajstić information content (AvgIpc) is 2.84. The number of phenols is 1. The highest BCUT2D eigenvalue weighted by Crippen LogP contribution is 2.21. The van der Waals surface area contributed by atoms with E-state index in [1.807, 2.05) is 48.2 Å². The first kappa shape index (κ1) is 19.0. The summed E-state index contributed by atoms with van der Waals surface area (Å²) in [6.07, 6.45) is 1.27. The van der Waals surface area contributed by atoms with Gasteiger partial charge in [0.2, 0.25) is 11.8 Å². The monoisotopic (exact) mass is 366 g/mol. The third-order valence-electron chi connectivity index (χ3n) is 5.14. The number of phenolic OH excluding ortho intramolecular Hbond substituents is 1. The molecule has 1 aliphatic rings. The maximum Gasteiger partial charge on any atom is 0.227 e. The molecule has 1 N–H and O–H groups in total. The van der Waals surface area contributed by atoms with Crippen LogP contribution in [-0.2, 0) is 22.6 Å². The van der Waals surface area contributed by atoms with Gasteiger partial charge in [0.15, 0.2) is 0 Å². The third kappa shape index (κ3) is 4.67. The molecule has 3 rings (SSSR count). The van der Waals surface area contributed by atoms with Crippen molar-refractivity contribution in [2.75, 3.05) is 13.1 Å². The number of rotatable bonds is 5. The van der Waals surface area contributed by atoms with Crippen LogP contribution in [0.25, 0.3) is 0 Å². The van der Waals surface area contributed by atoms with Crippen molar-refractivity contribution >= 4 is 11.8 Å². The molecule has 1 fully saturated rings. The Morgan fingerprint density at radius 2 is 1.81 bits per heavy atom. The van der Waals surface area contributed by atoms with E-state index in [1.54, 1.807) is 23.1 Å². The largest absolute Gasteiger partial charge is 0.508 e. The highest BCUT2D eigenvalue weighted by Gasteiger charge is 2.30. The van der Waals surface area contributed by atoms with Gasteiger partial charge < -0.3 is 14.9 Å². The third-order valence-corrected chi connectivity index (χ3v) is 5.14. The smallest absolute Gasteiger partial charge is 0.227 e. The van der Waals surface area contributed by atoms with Crippen LogP contribution in [0.4, 0.5) is 0 Å². The summed E-state index contributed by atoms with van der Waals surface area (Å²) in [6, 6.07) is 16.8. The number of benzene rings is 2. The second-order valence-corrected chi connectivity index (χ2v) is 6.96. The summed E-state index contributed by atoms with van der Waals surface area (Å²) in [5.41, 5.74) is 1.71. The van der Waals surface area contributed by atoms with Crippen LogP contribution in [0.15, 0.2) is 54.6 Å². The molecule has 5 nitrogen and oxygen atoms in total. The number of nitrogens with zero attached hydrogens (tertiary/aromatic N) is 2. The molecule has 142 valence electrons. The summed E-state index contributed by atoms with van der Waals surface area (Å²) in [6.45, 7) is 3.57. The lowest BCUT2D eigenvalue weighted by molar-refractivity contribution is -0.133. The number of carbonyl (C=O) groups is 2. The quantitative estimate of drug-likeness (QED) is 0.885. The molecule has 27 heavy (non-hydrogen) atoms. The molecule has 0 radical (unpaired) electrons. The van der Waals surface area contributed by atoms with Gasteiger partial charge in [-0.05, 0) is 18.1 Å². The Balaban J connectivity index is 1.72. The molecule has 1 heterocycles. The lowest BCUT2D eigenvalue weighted by Gasteiger charge is -2.31. The van der Waals surface area contributed by atoms with E-state index in [0.29, 0.717) is 31.6 Å². The summed E-state index contributed by atoms with van der Waals surface area (Å²) >= 11 is 0. The lowest BCUT2D eigenvalue weighted by Crippen LogP contribution is -2.44. The molecule has 2 aromatic carbocycles. The Morgan fingerprint density at radius 1 is 1.11 bits per heavy atom. The zero-order chi connectivity index (χ0) is 19.2. The van der Waals surface area contributed by atoms with Crippen LogP contribution in [0.3, 0.4) is 0 Å². The fraction of sp³-hybridized carbons (Fsp3) is 0.364. The first-order valence-electron chi connectivity index (χ1n) is 9.46. The predicted octanol–water partition coefficient (Wildman–Crippen LogP) is 2.97. The van der Waals surface area contributed by atoms with E-state index in [1.165, 1.54) is 0 Å². The first-order valence-corrected chi connectivity index (χ1v) is 9.46. The Labute approximate surface area is 160 Å². The van der Waals surface area contributed by atoms with Gasteiger partial charge in [-0.2, -0.15) is 0 Å². The second-order valence-electron chi connectivity index (χ2n) is 6.96. The Kier molecular flexibility index (Phi) is 6.12. The molecule has 0 aliphatic carbocycles. The van der Waals surface area contributed by atoms with Crippen molar-refractivity contribution < 1.29 is 14.7 Å². The fourth-order valence-corrected chi connectivity index (χ4v) is 3.53. The molecule has 2 amide bonds. The highest BCUT2D eigenvalue weighted by atomic mass is 16.3. The number of carbonyl (C=O) groups excluding carboxylic acids is 2. The summed E-state index contributed by atoms with van der Waals surface area (Å²) < 4.78 is 0. The number of hydrogen-bond donors (Lipinski definition) is 1. The molecule has 0 spiro atoms. The minimum Gasteiger partial charge on any atom is -0.508 e. The van der Waals surface area contributed by atoms with Gasteiger partial charge in [-0.3, -0.25) is 9.59 Å². The molecule has 0 bridgehead atoms. The van der Waals surface area contributed by atoms with E-state index in [0.717, 1.165) is 12.0 Å². The van der Waals surface area contributed by atoms with E-state index < -0.39 is 0 Å². The van der Waals surface area contributed by atoms with Crippen molar-refractivity contribution in [3.63, 3.8) is 0 Å². The van der Waals surface area contributed by atoms with Gasteiger partial charge in [-0.25, -0.2) is 0 Å². The molecule has 5 heteroatoms. The van der Waals surface area contributed by atoms with Gasteiger partial charge in [-0.1, -0.05) is 55.5 Å². The normalized spacial score (nSPS) is 17.7. The molecule has 1 unspecified atom stereocenters. The SMILES string of the molecule is CCC1CN(C(=O)Cc2ccccc2O)CCC(=O)N1Cc1ccccc1. The predicted molar refractivity (Wildman–Crippen MR) is 104 cm³/mol. The van der Waals surface area contributed by atoms with Crippen molar-refractivity contribution in [3.8, 4) is 5.75 Å². The van der Waals surface area contributed by atoms with Crippen LogP contribution in [0, 0.1) is 0 Å². The van der Waals surface area contributed by atoms with Crippen molar-refractivity contribution in [2.24, 2.45) is 0 Å². The molecular weight excluding hydrogens is 340 g/mol. The zero-order valence-corrected chi connectivity index (χ0v) is 15.7. The van der Waals surface area contributed by atoms with Gasteiger partial charge in [0.05, 0.1) is 6.42 Å². The number of amides is 2. The van der Waals surface area contributed by atoms with Crippen LogP contribution >= 0.6 is 0 Å². The minimum atomic E-state index is -0.0516. The highest BCUT2D eigenvalue weighted by molar-refractivity contribution is 5.82. The summed E-state index contributed by atoms with van der Waals surface area (Å²) in [5.74, 6) is 0.169. The van der Waals surface area contributed by atoms with E-state index in [4.69, 9.17) is 0 Å². The van der Waals surface area contributed by atoms with Crippen LogP contribution < -0.4 is 0 Å². The Morgan fingerprint density at radius 3 is 2.52 bits per heavy atom. The summed E-state index contributed by atoms with van der Waals surface area (Å²) in [4.78, 5) is 29.2. The van der Waals surface area contributed by atoms with E-state index in [9.17, 15) is 14.7 Å².